The molecule has 0 amide bonds. The minimum Gasteiger partial charge on any atom is -0.0834 e. The molecular formula is C12H23Cl3. The van der Waals surface area contributed by atoms with Crippen molar-refractivity contribution in [3.63, 3.8) is 0 Å². The van der Waals surface area contributed by atoms with Gasteiger partial charge >= 0.3 is 0 Å². The van der Waals surface area contributed by atoms with Crippen LogP contribution >= 0.6 is 34.8 Å². The summed E-state index contributed by atoms with van der Waals surface area (Å²) in [6.45, 7) is 4.39. The maximum Gasteiger partial charge on any atom is 0.193 e. The summed E-state index contributed by atoms with van der Waals surface area (Å²) in [6, 6.07) is 0. The summed E-state index contributed by atoms with van der Waals surface area (Å²) < 4.78 is -1.07. The first kappa shape index (κ1) is 15.9. The average Bonchev–Trinajstić information content (AvgIpc) is 2.14. The fraction of sp³-hybridized carbons (Fsp3) is 1.00. The summed E-state index contributed by atoms with van der Waals surface area (Å²) in [7, 11) is 0. The molecule has 92 valence electrons. The molecule has 15 heavy (non-hydrogen) atoms. The lowest BCUT2D eigenvalue weighted by atomic mass is 9.96. The van der Waals surface area contributed by atoms with Crippen molar-refractivity contribution in [2.24, 2.45) is 5.92 Å². The van der Waals surface area contributed by atoms with E-state index in [9.17, 15) is 0 Å². The molecule has 0 aromatic rings. The first-order valence-corrected chi connectivity index (χ1v) is 7.22. The molecule has 0 aromatic carbocycles. The van der Waals surface area contributed by atoms with Gasteiger partial charge in [0.2, 0.25) is 0 Å². The molecule has 0 saturated heterocycles. The van der Waals surface area contributed by atoms with E-state index in [2.05, 4.69) is 13.8 Å². The Morgan fingerprint density at radius 1 is 0.800 bits per heavy atom. The summed E-state index contributed by atoms with van der Waals surface area (Å²) in [5.74, 6) is 0.237. The van der Waals surface area contributed by atoms with Crippen LogP contribution < -0.4 is 0 Å². The molecule has 0 N–H and O–H groups in total. The van der Waals surface area contributed by atoms with Crippen LogP contribution in [0.3, 0.4) is 0 Å². The van der Waals surface area contributed by atoms with Crippen LogP contribution in [-0.2, 0) is 0 Å². The van der Waals surface area contributed by atoms with Gasteiger partial charge in [0.25, 0.3) is 0 Å². The van der Waals surface area contributed by atoms with E-state index in [0.29, 0.717) is 0 Å². The molecular weight excluding hydrogens is 250 g/mol. The molecule has 0 rings (SSSR count). The molecule has 0 aliphatic heterocycles. The standard InChI is InChI=1S/C12H23Cl3/c1-3-5-7-9-11(12(13,14)15)10-8-6-4-2/h11H,3-10H2,1-2H3. The molecule has 0 aromatic heterocycles. The van der Waals surface area contributed by atoms with Crippen LogP contribution in [0.5, 0.6) is 0 Å². The second-order valence-electron chi connectivity index (χ2n) is 4.23. The predicted octanol–water partition coefficient (Wildman–Crippen LogP) is 6.13. The third kappa shape index (κ3) is 8.65. The summed E-state index contributed by atoms with van der Waals surface area (Å²) in [5, 5.41) is 0. The van der Waals surface area contributed by atoms with E-state index in [1.54, 1.807) is 0 Å². The maximum atomic E-state index is 5.99. The lowest BCUT2D eigenvalue weighted by molar-refractivity contribution is 0.416. The molecule has 0 fully saturated rings. The van der Waals surface area contributed by atoms with Crippen LogP contribution in [0.4, 0.5) is 0 Å². The highest BCUT2D eigenvalue weighted by molar-refractivity contribution is 6.67. The van der Waals surface area contributed by atoms with Crippen LogP contribution in [0.25, 0.3) is 0 Å². The molecule has 3 heteroatoms. The summed E-state index contributed by atoms with van der Waals surface area (Å²) in [4.78, 5) is 0. The van der Waals surface area contributed by atoms with E-state index in [0.717, 1.165) is 12.8 Å². The van der Waals surface area contributed by atoms with Crippen molar-refractivity contribution in [3.8, 4) is 0 Å². The van der Waals surface area contributed by atoms with Gasteiger partial charge in [0.05, 0.1) is 0 Å². The number of unbranched alkanes of at least 4 members (excludes halogenated alkanes) is 4. The second kappa shape index (κ2) is 8.96. The maximum absolute atomic E-state index is 5.99. The third-order valence-electron chi connectivity index (χ3n) is 2.78. The second-order valence-corrected chi connectivity index (χ2v) is 6.60. The normalized spacial score (nSPS) is 12.4. The van der Waals surface area contributed by atoms with Crippen LogP contribution in [-0.4, -0.2) is 3.79 Å². The van der Waals surface area contributed by atoms with Gasteiger partial charge in [-0.25, -0.2) is 0 Å². The van der Waals surface area contributed by atoms with E-state index in [-0.39, 0.29) is 5.92 Å². The lowest BCUT2D eigenvalue weighted by Gasteiger charge is -2.24. The highest BCUT2D eigenvalue weighted by Crippen LogP contribution is 2.40. The Hall–Kier alpha value is 0.870. The van der Waals surface area contributed by atoms with Gasteiger partial charge in [0.1, 0.15) is 0 Å². The quantitative estimate of drug-likeness (QED) is 0.368. The Bertz CT molecular complexity index is 130. The molecule has 0 aliphatic rings. The number of rotatable bonds is 8. The first-order chi connectivity index (χ1) is 7.02. The van der Waals surface area contributed by atoms with Crippen molar-refractivity contribution in [2.45, 2.75) is 69.0 Å². The molecule has 0 spiro atoms. The van der Waals surface area contributed by atoms with E-state index in [1.807, 2.05) is 0 Å². The number of hydrogen-bond acceptors (Lipinski definition) is 0. The number of halogens is 3. The Labute approximate surface area is 110 Å². The summed E-state index contributed by atoms with van der Waals surface area (Å²) in [6.07, 6.45) is 9.39. The zero-order chi connectivity index (χ0) is 11.7. The van der Waals surface area contributed by atoms with Crippen molar-refractivity contribution in [1.29, 1.82) is 0 Å². The number of alkyl halides is 3. The van der Waals surface area contributed by atoms with Gasteiger partial charge in [-0.15, -0.1) is 0 Å². The van der Waals surface area contributed by atoms with Crippen LogP contribution in [0.1, 0.15) is 65.2 Å². The van der Waals surface area contributed by atoms with Crippen LogP contribution in [0, 0.1) is 5.92 Å². The molecule has 0 aliphatic carbocycles. The zero-order valence-corrected chi connectivity index (χ0v) is 12.1. The fourth-order valence-corrected chi connectivity index (χ4v) is 2.41. The van der Waals surface area contributed by atoms with Crippen molar-refractivity contribution in [2.75, 3.05) is 0 Å². The van der Waals surface area contributed by atoms with Gasteiger partial charge in [0.15, 0.2) is 3.79 Å². The predicted molar refractivity (Wildman–Crippen MR) is 72.1 cm³/mol. The molecule has 0 saturated carbocycles. The lowest BCUT2D eigenvalue weighted by Crippen LogP contribution is -2.19. The van der Waals surface area contributed by atoms with Crippen molar-refractivity contribution >= 4 is 34.8 Å². The molecule has 0 unspecified atom stereocenters. The van der Waals surface area contributed by atoms with Gasteiger partial charge in [0, 0.05) is 5.92 Å². The minimum atomic E-state index is -1.07. The molecule has 0 atom stereocenters. The Kier molecular flexibility index (Phi) is 9.48. The monoisotopic (exact) mass is 272 g/mol. The summed E-state index contributed by atoms with van der Waals surface area (Å²) in [5.41, 5.74) is 0. The topological polar surface area (TPSA) is 0 Å². The Morgan fingerprint density at radius 3 is 1.47 bits per heavy atom. The van der Waals surface area contributed by atoms with E-state index >= 15 is 0 Å². The van der Waals surface area contributed by atoms with Crippen molar-refractivity contribution in [3.05, 3.63) is 0 Å². The van der Waals surface area contributed by atoms with Gasteiger partial charge in [-0.2, -0.15) is 0 Å². The highest BCUT2D eigenvalue weighted by Gasteiger charge is 2.31. The Morgan fingerprint density at radius 2 is 1.20 bits per heavy atom. The smallest absolute Gasteiger partial charge is 0.0834 e. The number of hydrogen-bond donors (Lipinski definition) is 0. The Balaban J connectivity index is 3.85. The SMILES string of the molecule is CCCCCC(CCCCC)C(Cl)(Cl)Cl. The van der Waals surface area contributed by atoms with Gasteiger partial charge in [-0.1, -0.05) is 87.2 Å². The van der Waals surface area contributed by atoms with Crippen molar-refractivity contribution < 1.29 is 0 Å². The summed E-state index contributed by atoms with van der Waals surface area (Å²) >= 11 is 18.0. The third-order valence-corrected chi connectivity index (χ3v) is 3.70. The molecule has 0 heterocycles. The first-order valence-electron chi connectivity index (χ1n) is 6.09. The highest BCUT2D eigenvalue weighted by atomic mass is 35.6. The van der Waals surface area contributed by atoms with Gasteiger partial charge in [-0.05, 0) is 12.8 Å². The van der Waals surface area contributed by atoms with E-state index in [1.165, 1.54) is 38.5 Å². The zero-order valence-electron chi connectivity index (χ0n) is 9.87. The van der Waals surface area contributed by atoms with E-state index in [4.69, 9.17) is 34.8 Å². The molecule has 0 radical (unpaired) electrons. The van der Waals surface area contributed by atoms with Crippen LogP contribution in [0.15, 0.2) is 0 Å². The fourth-order valence-electron chi connectivity index (χ4n) is 1.75. The van der Waals surface area contributed by atoms with Crippen LogP contribution in [0.2, 0.25) is 0 Å². The molecule has 0 bridgehead atoms. The van der Waals surface area contributed by atoms with Gasteiger partial charge < -0.3 is 0 Å². The molecule has 0 nitrogen and oxygen atoms in total. The van der Waals surface area contributed by atoms with Gasteiger partial charge in [-0.3, -0.25) is 0 Å². The average molecular weight is 274 g/mol. The van der Waals surface area contributed by atoms with Crippen molar-refractivity contribution in [1.82, 2.24) is 0 Å². The minimum absolute atomic E-state index is 0.237. The largest absolute Gasteiger partial charge is 0.193 e. The van der Waals surface area contributed by atoms with E-state index < -0.39 is 3.79 Å².